The molecule has 0 amide bonds. The van der Waals surface area contributed by atoms with Gasteiger partial charge in [0.2, 0.25) is 0 Å². The molecular formula is C12H20N4S. The summed E-state index contributed by atoms with van der Waals surface area (Å²) in [5.74, 6) is 0. The van der Waals surface area contributed by atoms with Crippen molar-refractivity contribution in [2.24, 2.45) is 4.99 Å². The number of thioether (sulfide) groups is 1. The first-order valence-electron chi connectivity index (χ1n) is 6.29. The smallest absolute Gasteiger partial charge is 0.156 e. The van der Waals surface area contributed by atoms with Gasteiger partial charge >= 0.3 is 0 Å². The van der Waals surface area contributed by atoms with Gasteiger partial charge in [-0.25, -0.2) is 4.98 Å². The molecule has 4 nitrogen and oxygen atoms in total. The van der Waals surface area contributed by atoms with E-state index in [1.54, 1.807) is 0 Å². The second-order valence-corrected chi connectivity index (χ2v) is 5.52. The average molecular weight is 252 g/mol. The van der Waals surface area contributed by atoms with E-state index < -0.39 is 0 Å². The highest BCUT2D eigenvalue weighted by Gasteiger charge is 2.16. The molecule has 1 aromatic rings. The van der Waals surface area contributed by atoms with Crippen LogP contribution in [0.25, 0.3) is 0 Å². The van der Waals surface area contributed by atoms with Gasteiger partial charge in [-0.05, 0) is 19.3 Å². The summed E-state index contributed by atoms with van der Waals surface area (Å²) in [6.07, 6.45) is 9.27. The fourth-order valence-corrected chi connectivity index (χ4v) is 2.73. The topological polar surface area (TPSA) is 42.2 Å². The van der Waals surface area contributed by atoms with Crippen LogP contribution in [0.1, 0.15) is 26.2 Å². The lowest BCUT2D eigenvalue weighted by atomic mass is 10.3. The van der Waals surface area contributed by atoms with Gasteiger partial charge < -0.3 is 9.88 Å². The number of aliphatic imine (C=N–C) groups is 1. The summed E-state index contributed by atoms with van der Waals surface area (Å²) >= 11 is 1.89. The molecule has 17 heavy (non-hydrogen) atoms. The van der Waals surface area contributed by atoms with Crippen molar-refractivity contribution < 1.29 is 0 Å². The van der Waals surface area contributed by atoms with Crippen LogP contribution in [0.2, 0.25) is 0 Å². The number of unbranched alkanes of at least 4 members (excludes halogenated alkanes) is 1. The summed E-state index contributed by atoms with van der Waals surface area (Å²) in [5.41, 5.74) is 0. The molecule has 1 N–H and O–H groups in total. The van der Waals surface area contributed by atoms with E-state index in [9.17, 15) is 0 Å². The highest BCUT2D eigenvalue weighted by atomic mass is 32.2. The zero-order chi connectivity index (χ0) is 11.9. The van der Waals surface area contributed by atoms with Crippen LogP contribution < -0.4 is 5.32 Å². The molecule has 0 aliphatic carbocycles. The summed E-state index contributed by atoms with van der Waals surface area (Å²) in [6, 6.07) is 0. The zero-order valence-corrected chi connectivity index (χ0v) is 11.1. The van der Waals surface area contributed by atoms with E-state index >= 15 is 0 Å². The van der Waals surface area contributed by atoms with Crippen LogP contribution in [0.3, 0.4) is 0 Å². The monoisotopic (exact) mass is 252 g/mol. The fraction of sp³-hybridized carbons (Fsp3) is 0.667. The Labute approximate surface area is 107 Å². The first kappa shape index (κ1) is 12.5. The highest BCUT2D eigenvalue weighted by Crippen LogP contribution is 2.21. The lowest BCUT2D eigenvalue weighted by molar-refractivity contribution is 0.603. The van der Waals surface area contributed by atoms with Crippen LogP contribution in [0.5, 0.6) is 0 Å². The van der Waals surface area contributed by atoms with E-state index in [1.807, 2.05) is 30.5 Å². The minimum absolute atomic E-state index is 0.698. The van der Waals surface area contributed by atoms with E-state index in [2.05, 4.69) is 26.8 Å². The predicted octanol–water partition coefficient (Wildman–Crippen LogP) is 2.13. The number of hydrogen-bond acceptors (Lipinski definition) is 4. The number of nitrogens with one attached hydrogen (secondary N) is 1. The number of hydrogen-bond donors (Lipinski definition) is 1. The quantitative estimate of drug-likeness (QED) is 0.789. The van der Waals surface area contributed by atoms with E-state index in [4.69, 9.17) is 0 Å². The third kappa shape index (κ3) is 4.07. The molecule has 1 aromatic heterocycles. The molecule has 1 atom stereocenters. The Morgan fingerprint density at radius 1 is 1.53 bits per heavy atom. The van der Waals surface area contributed by atoms with Crippen LogP contribution in [-0.2, 0) is 6.54 Å². The van der Waals surface area contributed by atoms with Crippen molar-refractivity contribution in [2.45, 2.75) is 38.0 Å². The van der Waals surface area contributed by atoms with Gasteiger partial charge in [0.1, 0.15) is 0 Å². The van der Waals surface area contributed by atoms with Gasteiger partial charge in [0.25, 0.3) is 0 Å². The summed E-state index contributed by atoms with van der Waals surface area (Å²) in [6.45, 7) is 5.29. The van der Waals surface area contributed by atoms with Gasteiger partial charge in [0.05, 0.1) is 12.9 Å². The van der Waals surface area contributed by atoms with Crippen molar-refractivity contribution in [1.82, 2.24) is 14.9 Å². The van der Waals surface area contributed by atoms with Gasteiger partial charge in [0.15, 0.2) is 5.17 Å². The lowest BCUT2D eigenvalue weighted by Crippen LogP contribution is -2.20. The SMILES string of the molecule is CCC1CN=C(NCCCCn2ccnc2)S1. The molecule has 0 radical (unpaired) electrons. The van der Waals surface area contributed by atoms with Crippen molar-refractivity contribution in [3.05, 3.63) is 18.7 Å². The van der Waals surface area contributed by atoms with Crippen molar-refractivity contribution >= 4 is 16.9 Å². The van der Waals surface area contributed by atoms with Crippen molar-refractivity contribution in [2.75, 3.05) is 13.1 Å². The normalized spacial score (nSPS) is 19.4. The molecule has 2 rings (SSSR count). The number of nitrogens with zero attached hydrogens (tertiary/aromatic N) is 3. The molecule has 0 saturated heterocycles. The van der Waals surface area contributed by atoms with Crippen molar-refractivity contribution in [1.29, 1.82) is 0 Å². The number of aryl methyl sites for hydroxylation is 1. The van der Waals surface area contributed by atoms with Gasteiger partial charge in [-0.1, -0.05) is 18.7 Å². The predicted molar refractivity (Wildman–Crippen MR) is 73.4 cm³/mol. The maximum Gasteiger partial charge on any atom is 0.156 e. The third-order valence-electron chi connectivity index (χ3n) is 2.85. The molecule has 0 aromatic carbocycles. The van der Waals surface area contributed by atoms with Gasteiger partial charge in [0, 0.05) is 30.7 Å². The standard InChI is InChI=1S/C12H20N4S/c1-2-11-9-15-12(17-11)14-5-3-4-7-16-8-6-13-10-16/h6,8,10-11H,2-5,7,9H2,1H3,(H,14,15). The molecule has 94 valence electrons. The number of imidazole rings is 1. The largest absolute Gasteiger partial charge is 0.365 e. The molecule has 0 fully saturated rings. The molecule has 0 spiro atoms. The molecule has 1 unspecified atom stereocenters. The molecular weight excluding hydrogens is 232 g/mol. The van der Waals surface area contributed by atoms with Crippen molar-refractivity contribution in [3.63, 3.8) is 0 Å². The lowest BCUT2D eigenvalue weighted by Gasteiger charge is -2.07. The Morgan fingerprint density at radius 3 is 3.18 bits per heavy atom. The van der Waals surface area contributed by atoms with Gasteiger partial charge in [-0.2, -0.15) is 0 Å². The van der Waals surface area contributed by atoms with E-state index in [-0.39, 0.29) is 0 Å². The van der Waals surface area contributed by atoms with E-state index in [0.717, 1.165) is 24.8 Å². The average Bonchev–Trinajstić information content (AvgIpc) is 2.99. The molecule has 0 saturated carbocycles. The van der Waals surface area contributed by atoms with Crippen LogP contribution in [0, 0.1) is 0 Å². The second kappa shape index (κ2) is 6.69. The van der Waals surface area contributed by atoms with Crippen LogP contribution in [-0.4, -0.2) is 33.1 Å². The maximum atomic E-state index is 4.49. The van der Waals surface area contributed by atoms with Gasteiger partial charge in [-0.3, -0.25) is 4.99 Å². The fourth-order valence-electron chi connectivity index (χ4n) is 1.76. The van der Waals surface area contributed by atoms with Crippen LogP contribution >= 0.6 is 11.8 Å². The van der Waals surface area contributed by atoms with Crippen LogP contribution in [0.15, 0.2) is 23.7 Å². The summed E-state index contributed by atoms with van der Waals surface area (Å²) in [7, 11) is 0. The molecule has 1 aliphatic heterocycles. The summed E-state index contributed by atoms with van der Waals surface area (Å²) in [5, 5.41) is 5.25. The molecule has 2 heterocycles. The Hall–Kier alpha value is -0.970. The highest BCUT2D eigenvalue weighted by molar-refractivity contribution is 8.14. The summed E-state index contributed by atoms with van der Waals surface area (Å²) in [4.78, 5) is 8.52. The van der Waals surface area contributed by atoms with Gasteiger partial charge in [-0.15, -0.1) is 0 Å². The maximum absolute atomic E-state index is 4.49. The minimum Gasteiger partial charge on any atom is -0.365 e. The second-order valence-electron chi connectivity index (χ2n) is 4.23. The first-order valence-corrected chi connectivity index (χ1v) is 7.17. The molecule has 0 bridgehead atoms. The number of aromatic nitrogens is 2. The van der Waals surface area contributed by atoms with Crippen molar-refractivity contribution in [3.8, 4) is 0 Å². The molecule has 1 aliphatic rings. The third-order valence-corrected chi connectivity index (χ3v) is 4.16. The number of rotatable bonds is 6. The zero-order valence-electron chi connectivity index (χ0n) is 10.3. The summed E-state index contributed by atoms with van der Waals surface area (Å²) < 4.78 is 2.12. The Bertz CT molecular complexity index is 347. The first-order chi connectivity index (χ1) is 8.38. The van der Waals surface area contributed by atoms with E-state index in [0.29, 0.717) is 5.25 Å². The molecule has 5 heteroatoms. The Kier molecular flexibility index (Phi) is 4.91. The number of amidine groups is 1. The van der Waals surface area contributed by atoms with E-state index in [1.165, 1.54) is 19.3 Å². The minimum atomic E-state index is 0.698. The Balaban J connectivity index is 1.52. The van der Waals surface area contributed by atoms with Crippen LogP contribution in [0.4, 0.5) is 0 Å². The Morgan fingerprint density at radius 2 is 2.47 bits per heavy atom.